The fourth-order valence-corrected chi connectivity index (χ4v) is 11.0. The fraction of sp³-hybridized carbons (Fsp3) is 0.148. The van der Waals surface area contributed by atoms with Crippen molar-refractivity contribution in [3.8, 4) is 40.8 Å². The van der Waals surface area contributed by atoms with E-state index in [0.717, 1.165) is 32.1 Å². The van der Waals surface area contributed by atoms with Crippen molar-refractivity contribution in [1.82, 2.24) is 4.57 Å². The van der Waals surface area contributed by atoms with Crippen molar-refractivity contribution in [2.75, 3.05) is 0 Å². The molecule has 8 aromatic rings. The van der Waals surface area contributed by atoms with Crippen LogP contribution in [0.4, 0.5) is 0 Å². The predicted octanol–water partition coefficient (Wildman–Crippen LogP) is 14.3. The summed E-state index contributed by atoms with van der Waals surface area (Å²) in [6, 6.07) is 45.9. The molecule has 3 aliphatic rings. The second-order valence-electron chi connectivity index (χ2n) is 15.9. The molecule has 0 aliphatic heterocycles. The van der Waals surface area contributed by atoms with Gasteiger partial charge in [0.05, 0.1) is 11.0 Å². The van der Waals surface area contributed by atoms with Gasteiger partial charge in [-0.2, -0.15) is 0 Å². The molecule has 0 spiro atoms. The lowest BCUT2D eigenvalue weighted by Crippen LogP contribution is -2.15. The maximum Gasteiger partial charge on any atom is 0.0541 e. The van der Waals surface area contributed by atoms with Crippen LogP contribution in [0.15, 0.2) is 146 Å². The van der Waals surface area contributed by atoms with Gasteiger partial charge in [0.1, 0.15) is 0 Å². The van der Waals surface area contributed by atoms with Gasteiger partial charge in [-0.15, -0.1) is 24.2 Å². The first-order valence-electron chi connectivity index (χ1n) is 19.8. The van der Waals surface area contributed by atoms with Gasteiger partial charge in [0.2, 0.25) is 0 Å². The van der Waals surface area contributed by atoms with Gasteiger partial charge in [-0.1, -0.05) is 123 Å². The molecular formula is C54H43NS. The van der Waals surface area contributed by atoms with Gasteiger partial charge in [0.25, 0.3) is 0 Å². The lowest BCUT2D eigenvalue weighted by atomic mass is 9.82. The predicted molar refractivity (Wildman–Crippen MR) is 242 cm³/mol. The van der Waals surface area contributed by atoms with Crippen LogP contribution in [0.5, 0.6) is 0 Å². The van der Waals surface area contributed by atoms with Gasteiger partial charge in [-0.05, 0) is 136 Å². The first kappa shape index (κ1) is 34.4. The van der Waals surface area contributed by atoms with Crippen LogP contribution < -0.4 is 0 Å². The van der Waals surface area contributed by atoms with E-state index in [1.807, 2.05) is 11.3 Å². The maximum atomic E-state index is 4.00. The Morgan fingerprint density at radius 2 is 1.50 bits per heavy atom. The summed E-state index contributed by atoms with van der Waals surface area (Å²) in [6.07, 6.45) is 25.0. The summed E-state index contributed by atoms with van der Waals surface area (Å²) in [4.78, 5) is 1.44. The summed E-state index contributed by atoms with van der Waals surface area (Å²) in [5, 5.41) is 4.05. The molecule has 1 nitrogen and oxygen atoms in total. The molecule has 2 heterocycles. The number of fused-ring (bicyclic) bond motifs is 11. The zero-order chi connectivity index (χ0) is 38.0. The third-order valence-electron chi connectivity index (χ3n) is 12.5. The van der Waals surface area contributed by atoms with E-state index in [-0.39, 0.29) is 5.41 Å². The standard InChI is InChI=1S/C52H41NS.C2H2/c1-52(2)45-27-26-41-40-18-10-11-19-49(40)54-51(41)50(45)42-25-24-38(32-46(42)52)53-47-28-20-33(12-6-7-15-35-21-22-36-16-8-9-17-39(35)36)30-43(47)44-31-37(23-29-48(44)53)34-13-4-3-5-14-34;1-2/h3-9,11,13-17,19-20,23-32H,10,12,18,21-22H2,1-2H3;1-2H/b7-6-,35-15+;. The van der Waals surface area contributed by atoms with Crippen molar-refractivity contribution in [3.05, 3.63) is 184 Å². The summed E-state index contributed by atoms with van der Waals surface area (Å²) in [6.45, 7) is 4.83. The fourth-order valence-electron chi connectivity index (χ4n) is 9.68. The van der Waals surface area contributed by atoms with E-state index in [1.165, 1.54) is 104 Å². The highest BCUT2D eigenvalue weighted by molar-refractivity contribution is 7.20. The normalized spacial score (nSPS) is 15.6. The van der Waals surface area contributed by atoms with Crippen LogP contribution in [-0.4, -0.2) is 4.57 Å². The maximum absolute atomic E-state index is 4.00. The minimum Gasteiger partial charge on any atom is -0.309 e. The molecule has 2 aromatic heterocycles. The van der Waals surface area contributed by atoms with Crippen molar-refractivity contribution in [1.29, 1.82) is 0 Å². The Bertz CT molecular complexity index is 2970. The number of hydrogen-bond acceptors (Lipinski definition) is 1. The van der Waals surface area contributed by atoms with Crippen molar-refractivity contribution in [2.24, 2.45) is 0 Å². The summed E-state index contributed by atoms with van der Waals surface area (Å²) in [5.74, 6) is 0. The van der Waals surface area contributed by atoms with Gasteiger partial charge in [0.15, 0.2) is 0 Å². The van der Waals surface area contributed by atoms with E-state index in [0.29, 0.717) is 0 Å². The van der Waals surface area contributed by atoms with Crippen molar-refractivity contribution >= 4 is 54.9 Å². The first-order chi connectivity index (χ1) is 27.5. The topological polar surface area (TPSA) is 4.93 Å². The Morgan fingerprint density at radius 3 is 2.38 bits per heavy atom. The van der Waals surface area contributed by atoms with Crippen LogP contribution in [0.25, 0.3) is 71.5 Å². The molecule has 0 bridgehead atoms. The number of aryl methyl sites for hydroxylation is 2. The monoisotopic (exact) mass is 737 g/mol. The number of rotatable bonds is 5. The van der Waals surface area contributed by atoms with Crippen molar-refractivity contribution in [3.63, 3.8) is 0 Å². The van der Waals surface area contributed by atoms with Gasteiger partial charge in [-0.3, -0.25) is 0 Å². The van der Waals surface area contributed by atoms with Crippen LogP contribution in [0.2, 0.25) is 0 Å². The molecule has 0 N–H and O–H groups in total. The average molecular weight is 738 g/mol. The second-order valence-corrected chi connectivity index (χ2v) is 16.9. The molecule has 11 rings (SSSR count). The zero-order valence-corrected chi connectivity index (χ0v) is 32.8. The van der Waals surface area contributed by atoms with E-state index in [4.69, 9.17) is 0 Å². The second kappa shape index (κ2) is 13.6. The molecule has 0 amide bonds. The molecule has 270 valence electrons. The Labute approximate surface area is 334 Å². The Morgan fingerprint density at radius 1 is 0.696 bits per heavy atom. The highest BCUT2D eigenvalue weighted by atomic mass is 32.1. The smallest absolute Gasteiger partial charge is 0.0541 e. The molecule has 0 fully saturated rings. The van der Waals surface area contributed by atoms with Crippen molar-refractivity contribution in [2.45, 2.75) is 51.4 Å². The number of nitrogens with zero attached hydrogens (tertiary/aromatic N) is 1. The number of benzene rings is 6. The Hall–Kier alpha value is -6.14. The Balaban J connectivity index is 0.00000189. The van der Waals surface area contributed by atoms with E-state index in [9.17, 15) is 0 Å². The lowest BCUT2D eigenvalue weighted by molar-refractivity contribution is 0.660. The molecule has 0 saturated carbocycles. The highest BCUT2D eigenvalue weighted by Gasteiger charge is 2.38. The molecule has 2 heteroatoms. The average Bonchev–Trinajstić information content (AvgIpc) is 3.99. The number of allylic oxidation sites excluding steroid dienone is 5. The van der Waals surface area contributed by atoms with Gasteiger partial charge >= 0.3 is 0 Å². The van der Waals surface area contributed by atoms with Crippen LogP contribution in [0, 0.1) is 12.8 Å². The van der Waals surface area contributed by atoms with Gasteiger partial charge < -0.3 is 4.57 Å². The summed E-state index contributed by atoms with van der Waals surface area (Å²) in [5.41, 5.74) is 19.0. The zero-order valence-electron chi connectivity index (χ0n) is 32.0. The molecule has 0 unspecified atom stereocenters. The molecule has 0 atom stereocenters. The summed E-state index contributed by atoms with van der Waals surface area (Å²) < 4.78 is 3.96. The number of terminal acetylenes is 1. The van der Waals surface area contributed by atoms with Gasteiger partial charge in [-0.25, -0.2) is 0 Å². The van der Waals surface area contributed by atoms with E-state index in [2.05, 4.69) is 183 Å². The third kappa shape index (κ3) is 5.37. The van der Waals surface area contributed by atoms with Gasteiger partial charge in [0, 0.05) is 37.0 Å². The molecular weight excluding hydrogens is 695 g/mol. The highest BCUT2D eigenvalue weighted by Crippen LogP contribution is 2.54. The van der Waals surface area contributed by atoms with E-state index < -0.39 is 0 Å². The quantitative estimate of drug-likeness (QED) is 0.155. The summed E-state index contributed by atoms with van der Waals surface area (Å²) in [7, 11) is 0. The van der Waals surface area contributed by atoms with Crippen LogP contribution in [0.1, 0.15) is 64.9 Å². The van der Waals surface area contributed by atoms with E-state index in [1.54, 1.807) is 0 Å². The lowest BCUT2D eigenvalue weighted by Gasteiger charge is -2.22. The summed E-state index contributed by atoms with van der Waals surface area (Å²) >= 11 is 1.99. The molecule has 0 radical (unpaired) electrons. The third-order valence-corrected chi connectivity index (χ3v) is 13.7. The van der Waals surface area contributed by atoms with E-state index >= 15 is 0 Å². The minimum absolute atomic E-state index is 0.0934. The van der Waals surface area contributed by atoms with Crippen LogP contribution in [0.3, 0.4) is 0 Å². The number of hydrogen-bond donors (Lipinski definition) is 0. The molecule has 56 heavy (non-hydrogen) atoms. The molecule has 3 aliphatic carbocycles. The first-order valence-corrected chi connectivity index (χ1v) is 20.6. The van der Waals surface area contributed by atoms with Crippen LogP contribution >= 0.6 is 11.3 Å². The largest absolute Gasteiger partial charge is 0.309 e. The number of thiophene rings is 1. The number of aromatic nitrogens is 1. The van der Waals surface area contributed by atoms with Crippen LogP contribution in [-0.2, 0) is 24.7 Å². The Kier molecular flexibility index (Phi) is 8.32. The minimum atomic E-state index is -0.0934. The molecule has 0 saturated heterocycles. The molecule has 6 aromatic carbocycles. The van der Waals surface area contributed by atoms with Crippen molar-refractivity contribution < 1.29 is 0 Å². The SMILES string of the molecule is C#C.CC1(C)c2cc(-n3c4ccc(C/C=C\C=C5/CCc6ccccc65)cc4c4cc(-c5ccccc5)ccc43)ccc2-c2c1ccc1c3c(sc21)C=CCC3.